The number of nitrogens with one attached hydrogen (secondary N) is 1. The molecule has 3 N–H and O–H groups in total. The second-order valence-electron chi connectivity index (χ2n) is 5.47. The zero-order chi connectivity index (χ0) is 16.6. The van der Waals surface area contributed by atoms with Crippen LogP contribution in [0.5, 0.6) is 0 Å². The van der Waals surface area contributed by atoms with Gasteiger partial charge in [-0.05, 0) is 25.1 Å². The molecular weight excluding hydrogens is 296 g/mol. The second-order valence-corrected chi connectivity index (χ2v) is 10.2. The van der Waals surface area contributed by atoms with Crippen LogP contribution in [0.25, 0.3) is 0 Å². The van der Waals surface area contributed by atoms with Crippen molar-refractivity contribution in [3.63, 3.8) is 0 Å². The molecule has 1 aromatic rings. The van der Waals surface area contributed by atoms with Gasteiger partial charge in [-0.2, -0.15) is 0 Å². The number of aromatic nitrogens is 2. The first-order valence-electron chi connectivity index (χ1n) is 7.97. The predicted octanol–water partition coefficient (Wildman–Crippen LogP) is 2.50. The summed E-state index contributed by atoms with van der Waals surface area (Å²) in [4.78, 5) is 19.6. The fraction of sp³-hybridized carbons (Fsp3) is 0.667. The number of rotatable bonds is 10. The van der Waals surface area contributed by atoms with Crippen LogP contribution in [-0.4, -0.2) is 37.3 Å². The smallest absolute Gasteiger partial charge is 0.226 e. The molecule has 124 valence electrons. The standard InChI is InChI=1S/C15H28N4O2Si/c1-5-22(6-2,7-3)21-9-8-17-14-11-18-13(10-19-14)12(4)15(16)20/h10-12H,5-9H2,1-4H3,(H2,16,20)(H,17,19). The second kappa shape index (κ2) is 8.85. The molecule has 6 nitrogen and oxygen atoms in total. The minimum Gasteiger partial charge on any atom is -0.415 e. The Kier molecular flexibility index (Phi) is 7.47. The van der Waals surface area contributed by atoms with Crippen LogP contribution in [-0.2, 0) is 9.22 Å². The molecule has 1 atom stereocenters. The highest BCUT2D eigenvalue weighted by atomic mass is 28.4. The van der Waals surface area contributed by atoms with Crippen molar-refractivity contribution in [3.05, 3.63) is 18.1 Å². The van der Waals surface area contributed by atoms with Gasteiger partial charge in [0.2, 0.25) is 5.91 Å². The topological polar surface area (TPSA) is 90.1 Å². The average molecular weight is 325 g/mol. The molecule has 1 heterocycles. The highest BCUT2D eigenvalue weighted by Gasteiger charge is 2.28. The molecule has 22 heavy (non-hydrogen) atoms. The summed E-state index contributed by atoms with van der Waals surface area (Å²) in [5.74, 6) is -0.139. The first kappa shape index (κ1) is 18.6. The maximum Gasteiger partial charge on any atom is 0.226 e. The van der Waals surface area contributed by atoms with Gasteiger partial charge in [-0.1, -0.05) is 20.8 Å². The van der Waals surface area contributed by atoms with Crippen molar-refractivity contribution in [1.82, 2.24) is 9.97 Å². The van der Waals surface area contributed by atoms with Crippen LogP contribution >= 0.6 is 0 Å². The molecule has 0 aliphatic carbocycles. The number of carbonyl (C=O) groups is 1. The van der Waals surface area contributed by atoms with E-state index >= 15 is 0 Å². The lowest BCUT2D eigenvalue weighted by atomic mass is 10.1. The fourth-order valence-electron chi connectivity index (χ4n) is 2.30. The summed E-state index contributed by atoms with van der Waals surface area (Å²) in [5, 5.41) is 3.19. The third kappa shape index (κ3) is 5.06. The molecule has 0 bridgehead atoms. The van der Waals surface area contributed by atoms with E-state index in [0.717, 1.165) is 18.1 Å². The lowest BCUT2D eigenvalue weighted by Gasteiger charge is -2.28. The Balaban J connectivity index is 2.44. The third-order valence-corrected chi connectivity index (χ3v) is 8.97. The van der Waals surface area contributed by atoms with Crippen LogP contribution in [0.3, 0.4) is 0 Å². The van der Waals surface area contributed by atoms with Crippen molar-refractivity contribution >= 4 is 20.0 Å². The van der Waals surface area contributed by atoms with E-state index < -0.39 is 20.1 Å². The van der Waals surface area contributed by atoms with Gasteiger partial charge in [0.05, 0.1) is 30.6 Å². The molecule has 0 saturated heterocycles. The van der Waals surface area contributed by atoms with E-state index in [1.54, 1.807) is 19.3 Å². The van der Waals surface area contributed by atoms with Crippen LogP contribution in [0.2, 0.25) is 18.1 Å². The Hall–Kier alpha value is -1.47. The van der Waals surface area contributed by atoms with E-state index in [0.29, 0.717) is 24.7 Å². The molecule has 1 amide bonds. The van der Waals surface area contributed by atoms with E-state index in [9.17, 15) is 4.79 Å². The maximum atomic E-state index is 11.1. The van der Waals surface area contributed by atoms with Crippen LogP contribution < -0.4 is 11.1 Å². The van der Waals surface area contributed by atoms with Crippen molar-refractivity contribution in [2.45, 2.75) is 51.7 Å². The molecule has 0 aliphatic heterocycles. The zero-order valence-electron chi connectivity index (χ0n) is 14.1. The number of carbonyl (C=O) groups excluding carboxylic acids is 1. The van der Waals surface area contributed by atoms with Crippen molar-refractivity contribution in [3.8, 4) is 0 Å². The van der Waals surface area contributed by atoms with Crippen LogP contribution in [0.4, 0.5) is 5.82 Å². The minimum atomic E-state index is -1.52. The number of amides is 1. The van der Waals surface area contributed by atoms with E-state index in [2.05, 4.69) is 36.1 Å². The summed E-state index contributed by atoms with van der Waals surface area (Å²) < 4.78 is 6.16. The molecule has 1 rings (SSSR count). The monoisotopic (exact) mass is 324 g/mol. The summed E-state index contributed by atoms with van der Waals surface area (Å²) >= 11 is 0. The van der Waals surface area contributed by atoms with Crippen molar-refractivity contribution in [2.24, 2.45) is 5.73 Å². The summed E-state index contributed by atoms with van der Waals surface area (Å²) in [7, 11) is -1.52. The summed E-state index contributed by atoms with van der Waals surface area (Å²) in [6.45, 7) is 9.76. The van der Waals surface area contributed by atoms with Gasteiger partial charge in [0.15, 0.2) is 8.32 Å². The molecule has 0 fully saturated rings. The number of primary amides is 1. The molecule has 0 aromatic carbocycles. The van der Waals surface area contributed by atoms with Crippen LogP contribution in [0.15, 0.2) is 12.4 Å². The highest BCUT2D eigenvalue weighted by Crippen LogP contribution is 2.21. The van der Waals surface area contributed by atoms with E-state index in [1.807, 2.05) is 0 Å². The zero-order valence-corrected chi connectivity index (χ0v) is 15.1. The van der Waals surface area contributed by atoms with Crippen LogP contribution in [0.1, 0.15) is 39.3 Å². The first-order valence-corrected chi connectivity index (χ1v) is 10.5. The Morgan fingerprint density at radius 1 is 1.27 bits per heavy atom. The lowest BCUT2D eigenvalue weighted by molar-refractivity contribution is -0.119. The lowest BCUT2D eigenvalue weighted by Crippen LogP contribution is -2.37. The highest BCUT2D eigenvalue weighted by molar-refractivity contribution is 6.73. The predicted molar refractivity (Wildman–Crippen MR) is 91.3 cm³/mol. The Bertz CT molecular complexity index is 455. The minimum absolute atomic E-state index is 0.400. The van der Waals surface area contributed by atoms with E-state index in [1.165, 1.54) is 0 Å². The third-order valence-electron chi connectivity index (χ3n) is 4.29. The number of nitrogens with two attached hydrogens (primary N) is 1. The summed E-state index contributed by atoms with van der Waals surface area (Å²) in [5.41, 5.74) is 5.84. The number of hydrogen-bond donors (Lipinski definition) is 2. The average Bonchev–Trinajstić information content (AvgIpc) is 2.55. The largest absolute Gasteiger partial charge is 0.415 e. The molecular formula is C15H28N4O2Si. The first-order chi connectivity index (χ1) is 10.5. The van der Waals surface area contributed by atoms with Gasteiger partial charge < -0.3 is 15.5 Å². The number of anilines is 1. The van der Waals surface area contributed by atoms with E-state index in [4.69, 9.17) is 10.2 Å². The van der Waals surface area contributed by atoms with Gasteiger partial charge in [0.25, 0.3) is 0 Å². The van der Waals surface area contributed by atoms with Gasteiger partial charge in [-0.15, -0.1) is 0 Å². The molecule has 0 radical (unpaired) electrons. The van der Waals surface area contributed by atoms with E-state index in [-0.39, 0.29) is 0 Å². The Morgan fingerprint density at radius 2 is 1.91 bits per heavy atom. The summed E-state index contributed by atoms with van der Waals surface area (Å²) in [6.07, 6.45) is 3.21. The Morgan fingerprint density at radius 3 is 2.36 bits per heavy atom. The van der Waals surface area contributed by atoms with Crippen molar-refractivity contribution in [1.29, 1.82) is 0 Å². The molecule has 0 saturated carbocycles. The number of hydrogen-bond acceptors (Lipinski definition) is 5. The molecule has 1 unspecified atom stereocenters. The molecule has 1 aromatic heterocycles. The fourth-order valence-corrected chi connectivity index (χ4v) is 4.95. The summed E-state index contributed by atoms with van der Waals surface area (Å²) in [6, 6.07) is 3.46. The molecule has 0 spiro atoms. The normalized spacial score (nSPS) is 12.9. The SMILES string of the molecule is CC[Si](CC)(CC)OCCNc1cnc(C(C)C(N)=O)cn1. The molecule has 7 heteroatoms. The maximum absolute atomic E-state index is 11.1. The number of nitrogens with zero attached hydrogens (tertiary/aromatic N) is 2. The van der Waals surface area contributed by atoms with Gasteiger partial charge >= 0.3 is 0 Å². The van der Waals surface area contributed by atoms with Gasteiger partial charge in [-0.25, -0.2) is 4.98 Å². The molecule has 0 aliphatic rings. The van der Waals surface area contributed by atoms with Crippen molar-refractivity contribution in [2.75, 3.05) is 18.5 Å². The van der Waals surface area contributed by atoms with Crippen molar-refractivity contribution < 1.29 is 9.22 Å². The van der Waals surface area contributed by atoms with Gasteiger partial charge in [-0.3, -0.25) is 9.78 Å². The van der Waals surface area contributed by atoms with Gasteiger partial charge in [0.1, 0.15) is 5.82 Å². The Labute approximate surface area is 134 Å². The van der Waals surface area contributed by atoms with Crippen LogP contribution in [0, 0.1) is 0 Å². The van der Waals surface area contributed by atoms with Gasteiger partial charge in [0, 0.05) is 6.54 Å². The quantitative estimate of drug-likeness (QED) is 0.510.